The Labute approximate surface area is 139 Å². The fourth-order valence-corrected chi connectivity index (χ4v) is 3.43. The number of aryl methyl sites for hydroxylation is 1. The van der Waals surface area contributed by atoms with Crippen LogP contribution >= 0.6 is 0 Å². The second-order valence-electron chi connectivity index (χ2n) is 6.06. The van der Waals surface area contributed by atoms with Gasteiger partial charge in [-0.3, -0.25) is 19.5 Å². The number of carbonyl (C=O) groups is 2. The molecule has 5 heteroatoms. The molecule has 0 unspecified atom stereocenters. The van der Waals surface area contributed by atoms with Crippen LogP contribution in [-0.2, 0) is 16.0 Å². The van der Waals surface area contributed by atoms with E-state index in [1.807, 2.05) is 49.4 Å². The van der Waals surface area contributed by atoms with Gasteiger partial charge in [0.1, 0.15) is 6.04 Å². The molecule has 1 atom stereocenters. The zero-order valence-electron chi connectivity index (χ0n) is 13.1. The third-order valence-corrected chi connectivity index (χ3v) is 4.41. The highest BCUT2D eigenvalue weighted by atomic mass is 16.2. The zero-order valence-corrected chi connectivity index (χ0v) is 13.1. The molecule has 2 aliphatic rings. The topological polar surface area (TPSA) is 75.8 Å². The van der Waals surface area contributed by atoms with Gasteiger partial charge in [0.05, 0.1) is 11.4 Å². The molecular weight excluding hydrogens is 302 g/mol. The van der Waals surface area contributed by atoms with Crippen LogP contribution in [0.5, 0.6) is 0 Å². The second kappa shape index (κ2) is 5.30. The number of hydrogen-bond donors (Lipinski definition) is 1. The van der Waals surface area contributed by atoms with E-state index in [2.05, 4.69) is 11.5 Å². The first-order valence-electron chi connectivity index (χ1n) is 7.72. The molecule has 2 amide bonds. The summed E-state index contributed by atoms with van der Waals surface area (Å²) in [6.45, 7) is 4.53. The molecule has 0 bridgehead atoms. The fourth-order valence-electron chi connectivity index (χ4n) is 3.43. The standard InChI is InChI=1S/C19H15N3O2/c1-11-7-13-9-15(19(20)24)22-16(23)10-21-17(14(8-11)18(13)22)12-5-3-2-4-6-12/h2-8,15H,9H2,1H3,(H2,20,24)/t15-/m0/s1. The molecular formula is C19H15N3O2. The fraction of sp³-hybridized carbons (Fsp3) is 0.158. The summed E-state index contributed by atoms with van der Waals surface area (Å²) in [7, 11) is 0. The average molecular weight is 317 g/mol. The third kappa shape index (κ3) is 2.12. The van der Waals surface area contributed by atoms with Crippen LogP contribution < -0.4 is 10.6 Å². The van der Waals surface area contributed by atoms with Crippen LogP contribution in [0.3, 0.4) is 0 Å². The van der Waals surface area contributed by atoms with E-state index in [0.717, 1.165) is 27.9 Å². The van der Waals surface area contributed by atoms with E-state index in [4.69, 9.17) is 5.73 Å². The minimum Gasteiger partial charge on any atom is -0.368 e. The van der Waals surface area contributed by atoms with Crippen LogP contribution in [0.15, 0.2) is 47.5 Å². The summed E-state index contributed by atoms with van der Waals surface area (Å²) in [5.74, 6) is -0.957. The van der Waals surface area contributed by atoms with Gasteiger partial charge in [0.15, 0.2) is 0 Å². The number of nitrogens with two attached hydrogens (primary N) is 1. The third-order valence-electron chi connectivity index (χ3n) is 4.41. The van der Waals surface area contributed by atoms with Crippen molar-refractivity contribution in [2.75, 3.05) is 4.90 Å². The molecule has 0 spiro atoms. The minimum atomic E-state index is -0.689. The van der Waals surface area contributed by atoms with Gasteiger partial charge in [0.25, 0.3) is 5.91 Å². The first-order valence-corrected chi connectivity index (χ1v) is 7.72. The molecule has 0 aromatic heterocycles. The average Bonchev–Trinajstić information content (AvgIpc) is 2.88. The monoisotopic (exact) mass is 317 g/mol. The summed E-state index contributed by atoms with van der Waals surface area (Å²) in [5, 5.41) is 0. The lowest BCUT2D eigenvalue weighted by Gasteiger charge is -2.22. The molecule has 2 N–H and O–H groups in total. The minimum absolute atomic E-state index is 0.425. The summed E-state index contributed by atoms with van der Waals surface area (Å²) >= 11 is 0. The van der Waals surface area contributed by atoms with E-state index in [0.29, 0.717) is 12.1 Å². The molecule has 2 aromatic carbocycles. The number of rotatable bonds is 2. The highest BCUT2D eigenvalue weighted by molar-refractivity contribution is 6.22. The molecule has 2 radical (unpaired) electrons. The molecule has 0 saturated heterocycles. The molecule has 0 fully saturated rings. The Kier molecular flexibility index (Phi) is 3.23. The summed E-state index contributed by atoms with van der Waals surface area (Å²) in [5.41, 5.74) is 10.6. The molecule has 4 rings (SSSR count). The maximum Gasteiger partial charge on any atom is 0.262 e. The van der Waals surface area contributed by atoms with Crippen LogP contribution in [0.1, 0.15) is 22.3 Å². The van der Waals surface area contributed by atoms with Gasteiger partial charge < -0.3 is 5.73 Å². The van der Waals surface area contributed by atoms with E-state index in [1.54, 1.807) is 0 Å². The molecule has 0 aliphatic carbocycles. The van der Waals surface area contributed by atoms with Crippen molar-refractivity contribution in [1.82, 2.24) is 0 Å². The first kappa shape index (κ1) is 14.6. The normalized spacial score (nSPS) is 18.9. The predicted octanol–water partition coefficient (Wildman–Crippen LogP) is 1.63. The maximum absolute atomic E-state index is 12.5. The largest absolute Gasteiger partial charge is 0.368 e. The van der Waals surface area contributed by atoms with Gasteiger partial charge in [0, 0.05) is 17.5 Å². The van der Waals surface area contributed by atoms with Crippen LogP contribution in [0, 0.1) is 13.5 Å². The van der Waals surface area contributed by atoms with Crippen molar-refractivity contribution < 1.29 is 9.59 Å². The number of amides is 2. The van der Waals surface area contributed by atoms with Crippen molar-refractivity contribution in [3.8, 4) is 0 Å². The quantitative estimate of drug-likeness (QED) is 0.914. The lowest BCUT2D eigenvalue weighted by molar-refractivity contribution is -0.122. The Morgan fingerprint density at radius 2 is 2.04 bits per heavy atom. The summed E-state index contributed by atoms with van der Waals surface area (Å²) in [6, 6.07) is 12.9. The lowest BCUT2D eigenvalue weighted by atomic mass is 9.96. The number of benzene rings is 2. The van der Waals surface area contributed by atoms with Gasteiger partial charge in [-0.15, -0.1) is 0 Å². The van der Waals surface area contributed by atoms with Gasteiger partial charge >= 0.3 is 0 Å². The number of aliphatic imine (C=N–C) groups is 1. The Hall–Kier alpha value is -2.95. The molecule has 118 valence electrons. The molecule has 24 heavy (non-hydrogen) atoms. The van der Waals surface area contributed by atoms with Crippen LogP contribution in [0.25, 0.3) is 0 Å². The Balaban J connectivity index is 1.97. The van der Waals surface area contributed by atoms with Crippen molar-refractivity contribution in [1.29, 1.82) is 0 Å². The molecule has 5 nitrogen and oxygen atoms in total. The first-order chi connectivity index (χ1) is 11.6. The van der Waals surface area contributed by atoms with Gasteiger partial charge in [0.2, 0.25) is 12.5 Å². The van der Waals surface area contributed by atoms with Crippen molar-refractivity contribution >= 4 is 23.2 Å². The summed E-state index contributed by atoms with van der Waals surface area (Å²) < 4.78 is 0. The number of nitrogens with zero attached hydrogens (tertiary/aromatic N) is 2. The summed E-state index contributed by atoms with van der Waals surface area (Å²) in [6.07, 6.45) is 0.425. The predicted molar refractivity (Wildman–Crippen MR) is 90.7 cm³/mol. The van der Waals surface area contributed by atoms with E-state index in [9.17, 15) is 9.59 Å². The van der Waals surface area contributed by atoms with Crippen LogP contribution in [-0.4, -0.2) is 23.6 Å². The summed E-state index contributed by atoms with van der Waals surface area (Å²) in [4.78, 5) is 30.1. The molecule has 2 aliphatic heterocycles. The lowest BCUT2D eigenvalue weighted by Crippen LogP contribution is -2.46. The number of carbonyl (C=O) groups excluding carboxylic acids is 2. The number of hydrogen-bond acceptors (Lipinski definition) is 3. The van der Waals surface area contributed by atoms with Crippen molar-refractivity contribution in [3.63, 3.8) is 0 Å². The van der Waals surface area contributed by atoms with E-state index < -0.39 is 17.9 Å². The van der Waals surface area contributed by atoms with E-state index >= 15 is 0 Å². The van der Waals surface area contributed by atoms with Crippen molar-refractivity contribution in [3.05, 3.63) is 71.3 Å². The van der Waals surface area contributed by atoms with Crippen molar-refractivity contribution in [2.45, 2.75) is 19.4 Å². The van der Waals surface area contributed by atoms with E-state index in [-0.39, 0.29) is 0 Å². The van der Waals surface area contributed by atoms with Crippen LogP contribution in [0.2, 0.25) is 0 Å². The van der Waals surface area contributed by atoms with Crippen molar-refractivity contribution in [2.24, 2.45) is 10.7 Å². The number of anilines is 1. The highest BCUT2D eigenvalue weighted by Crippen LogP contribution is 2.39. The van der Waals surface area contributed by atoms with E-state index in [1.165, 1.54) is 4.90 Å². The SMILES string of the molecule is Cc1cc2c3c(c1)C(c1ccccc1)=N[C]C(=O)N3[C@H](C(N)=O)C2. The van der Waals surface area contributed by atoms with Gasteiger partial charge in [-0.25, -0.2) is 0 Å². The van der Waals surface area contributed by atoms with Crippen LogP contribution in [0.4, 0.5) is 5.69 Å². The Bertz CT molecular complexity index is 887. The smallest absolute Gasteiger partial charge is 0.262 e. The molecule has 2 heterocycles. The van der Waals surface area contributed by atoms with Gasteiger partial charge in [-0.05, 0) is 18.6 Å². The molecule has 0 saturated carbocycles. The Morgan fingerprint density at radius 3 is 2.75 bits per heavy atom. The second-order valence-corrected chi connectivity index (χ2v) is 6.06. The highest BCUT2D eigenvalue weighted by Gasteiger charge is 2.41. The maximum atomic E-state index is 12.5. The Morgan fingerprint density at radius 1 is 1.29 bits per heavy atom. The van der Waals surface area contributed by atoms with Gasteiger partial charge in [-0.2, -0.15) is 0 Å². The van der Waals surface area contributed by atoms with Gasteiger partial charge in [-0.1, -0.05) is 42.0 Å². The molecule has 2 aromatic rings. The number of primary amides is 1. The zero-order chi connectivity index (χ0) is 16.8.